The summed E-state index contributed by atoms with van der Waals surface area (Å²) in [6.45, 7) is 2.63. The maximum absolute atomic E-state index is 11.4. The zero-order chi connectivity index (χ0) is 19.2. The third-order valence-electron chi connectivity index (χ3n) is 5.63. The van der Waals surface area contributed by atoms with E-state index in [1.807, 2.05) is 12.1 Å². The molecule has 2 aromatic rings. The fourth-order valence-corrected chi connectivity index (χ4v) is 4.92. The predicted octanol–water partition coefficient (Wildman–Crippen LogP) is 0.753. The molecule has 27 heavy (non-hydrogen) atoms. The summed E-state index contributed by atoms with van der Waals surface area (Å²) in [5, 5.41) is 6.12. The highest BCUT2D eigenvalue weighted by atomic mass is 32.2. The van der Waals surface area contributed by atoms with Gasteiger partial charge in [0, 0.05) is 43.0 Å². The first-order valence-corrected chi connectivity index (χ1v) is 10.3. The van der Waals surface area contributed by atoms with E-state index in [9.17, 15) is 8.42 Å². The number of hydrogen-bond acceptors (Lipinski definition) is 7. The Bertz CT molecular complexity index is 965. The van der Waals surface area contributed by atoms with Crippen LogP contribution in [0.1, 0.15) is 12.8 Å². The molecule has 2 N–H and O–H groups in total. The molecule has 0 bridgehead atoms. The highest BCUT2D eigenvalue weighted by Crippen LogP contribution is 2.43. The summed E-state index contributed by atoms with van der Waals surface area (Å²) in [4.78, 5) is 11.1. The number of rotatable bonds is 4. The fraction of sp³-hybridized carbons (Fsp3) is 0.529. The van der Waals surface area contributed by atoms with E-state index in [1.165, 1.54) is 4.31 Å². The van der Waals surface area contributed by atoms with Crippen molar-refractivity contribution in [3.8, 4) is 11.5 Å². The van der Waals surface area contributed by atoms with Crippen molar-refractivity contribution in [1.29, 1.82) is 0 Å². The van der Waals surface area contributed by atoms with E-state index in [2.05, 4.69) is 14.9 Å². The summed E-state index contributed by atoms with van der Waals surface area (Å²) in [7, 11) is -0.378. The molecule has 2 saturated heterocycles. The average molecular weight is 393 g/mol. The van der Waals surface area contributed by atoms with Gasteiger partial charge in [-0.25, -0.2) is 15.1 Å². The van der Waals surface area contributed by atoms with Crippen molar-refractivity contribution >= 4 is 26.9 Å². The summed E-state index contributed by atoms with van der Waals surface area (Å²) in [6, 6.07) is 3.75. The SMILES string of the molecule is COc1cc2ncnc(N3CCC4(CC3)CN(S(N)(=O)=O)C4)c2cc1OC. The van der Waals surface area contributed by atoms with Crippen LogP contribution in [0.4, 0.5) is 5.82 Å². The standard InChI is InChI=1S/C17H23N5O4S/c1-25-14-7-12-13(8-15(14)26-2)19-11-20-16(12)21-5-3-17(4-6-21)9-22(10-17)27(18,23)24/h7-8,11H,3-6,9-10H2,1-2H3,(H2,18,23,24). The Morgan fingerprint density at radius 3 is 2.30 bits per heavy atom. The summed E-state index contributed by atoms with van der Waals surface area (Å²) < 4.78 is 35.0. The van der Waals surface area contributed by atoms with Crippen LogP contribution in [-0.2, 0) is 10.2 Å². The largest absolute Gasteiger partial charge is 0.493 e. The van der Waals surface area contributed by atoms with E-state index >= 15 is 0 Å². The van der Waals surface area contributed by atoms with E-state index in [0.29, 0.717) is 24.6 Å². The lowest BCUT2D eigenvalue weighted by Crippen LogP contribution is -2.63. The summed E-state index contributed by atoms with van der Waals surface area (Å²) in [6.07, 6.45) is 3.36. The molecule has 1 spiro atoms. The molecule has 146 valence electrons. The molecule has 1 aromatic carbocycles. The van der Waals surface area contributed by atoms with Crippen LogP contribution in [0.5, 0.6) is 11.5 Å². The number of ether oxygens (including phenoxy) is 2. The van der Waals surface area contributed by atoms with Gasteiger partial charge in [0.2, 0.25) is 0 Å². The minimum absolute atomic E-state index is 0.0344. The van der Waals surface area contributed by atoms with Crippen LogP contribution in [0.15, 0.2) is 18.5 Å². The smallest absolute Gasteiger partial charge is 0.276 e. The van der Waals surface area contributed by atoms with Gasteiger partial charge in [-0.2, -0.15) is 12.7 Å². The first-order chi connectivity index (χ1) is 12.8. The highest BCUT2D eigenvalue weighted by Gasteiger charge is 2.48. The van der Waals surface area contributed by atoms with Crippen molar-refractivity contribution in [3.05, 3.63) is 18.5 Å². The van der Waals surface area contributed by atoms with Gasteiger partial charge in [0.15, 0.2) is 11.5 Å². The molecule has 0 saturated carbocycles. The number of piperidine rings is 1. The molecule has 4 rings (SSSR count). The minimum Gasteiger partial charge on any atom is -0.493 e. The van der Waals surface area contributed by atoms with Gasteiger partial charge >= 0.3 is 0 Å². The van der Waals surface area contributed by atoms with Gasteiger partial charge < -0.3 is 14.4 Å². The fourth-order valence-electron chi connectivity index (χ4n) is 4.01. The summed E-state index contributed by atoms with van der Waals surface area (Å²) in [5.74, 6) is 2.13. The molecule has 2 aliphatic heterocycles. The van der Waals surface area contributed by atoms with E-state index in [4.69, 9.17) is 14.6 Å². The van der Waals surface area contributed by atoms with Crippen molar-refractivity contribution in [2.45, 2.75) is 12.8 Å². The van der Waals surface area contributed by atoms with Gasteiger partial charge in [-0.05, 0) is 18.9 Å². The first kappa shape index (κ1) is 18.2. The number of methoxy groups -OCH3 is 2. The second-order valence-electron chi connectivity index (χ2n) is 7.22. The number of benzene rings is 1. The van der Waals surface area contributed by atoms with E-state index in [0.717, 1.165) is 42.7 Å². The van der Waals surface area contributed by atoms with Crippen LogP contribution in [0.2, 0.25) is 0 Å². The molecule has 2 fully saturated rings. The van der Waals surface area contributed by atoms with Gasteiger partial charge in [-0.1, -0.05) is 0 Å². The Kier molecular flexibility index (Phi) is 4.36. The number of nitrogens with two attached hydrogens (primary N) is 1. The molecule has 0 radical (unpaired) electrons. The van der Waals surface area contributed by atoms with Crippen LogP contribution in [-0.4, -0.2) is 63.1 Å². The third-order valence-corrected chi connectivity index (χ3v) is 6.60. The van der Waals surface area contributed by atoms with Crippen molar-refractivity contribution < 1.29 is 17.9 Å². The van der Waals surface area contributed by atoms with Gasteiger partial charge in [-0.15, -0.1) is 0 Å². The van der Waals surface area contributed by atoms with Crippen LogP contribution in [0, 0.1) is 5.41 Å². The number of aromatic nitrogens is 2. The lowest BCUT2D eigenvalue weighted by Gasteiger charge is -2.52. The maximum atomic E-state index is 11.4. The average Bonchev–Trinajstić information content (AvgIpc) is 2.63. The van der Waals surface area contributed by atoms with Crippen LogP contribution >= 0.6 is 0 Å². The Hall–Kier alpha value is -2.17. The number of anilines is 1. The normalized spacial score (nSPS) is 19.9. The van der Waals surface area contributed by atoms with E-state index in [1.54, 1.807) is 20.5 Å². The third kappa shape index (κ3) is 3.17. The number of hydrogen-bond donors (Lipinski definition) is 1. The van der Waals surface area contributed by atoms with Gasteiger partial charge in [-0.3, -0.25) is 0 Å². The molecule has 0 aliphatic carbocycles. The van der Waals surface area contributed by atoms with Crippen molar-refractivity contribution in [2.24, 2.45) is 10.6 Å². The lowest BCUT2D eigenvalue weighted by molar-refractivity contribution is 0.0436. The van der Waals surface area contributed by atoms with Gasteiger partial charge in [0.25, 0.3) is 10.2 Å². The van der Waals surface area contributed by atoms with Crippen molar-refractivity contribution in [3.63, 3.8) is 0 Å². The second-order valence-corrected chi connectivity index (χ2v) is 8.77. The topological polar surface area (TPSA) is 111 Å². The molecule has 10 heteroatoms. The first-order valence-electron chi connectivity index (χ1n) is 8.75. The molecule has 0 amide bonds. The lowest BCUT2D eigenvalue weighted by atomic mass is 9.73. The molecule has 3 heterocycles. The maximum Gasteiger partial charge on any atom is 0.276 e. The van der Waals surface area contributed by atoms with Crippen molar-refractivity contribution in [2.75, 3.05) is 45.3 Å². The predicted molar refractivity (Wildman–Crippen MR) is 101 cm³/mol. The van der Waals surface area contributed by atoms with E-state index in [-0.39, 0.29) is 5.41 Å². The molecule has 1 aromatic heterocycles. The molecule has 2 aliphatic rings. The summed E-state index contributed by atoms with van der Waals surface area (Å²) >= 11 is 0. The summed E-state index contributed by atoms with van der Waals surface area (Å²) in [5.41, 5.74) is 0.828. The van der Waals surface area contributed by atoms with Crippen LogP contribution in [0.25, 0.3) is 10.9 Å². The van der Waals surface area contributed by atoms with Crippen LogP contribution in [0.3, 0.4) is 0 Å². The van der Waals surface area contributed by atoms with E-state index < -0.39 is 10.2 Å². The molecule has 0 unspecified atom stereocenters. The molecule has 9 nitrogen and oxygen atoms in total. The second kappa shape index (κ2) is 6.47. The Morgan fingerprint density at radius 1 is 1.07 bits per heavy atom. The number of fused-ring (bicyclic) bond motifs is 1. The number of nitrogens with zero attached hydrogens (tertiary/aromatic N) is 4. The Labute approximate surface area is 158 Å². The molecule has 0 atom stereocenters. The zero-order valence-corrected chi connectivity index (χ0v) is 16.2. The Balaban J connectivity index is 1.56. The van der Waals surface area contributed by atoms with Gasteiger partial charge in [0.1, 0.15) is 12.1 Å². The highest BCUT2D eigenvalue weighted by molar-refractivity contribution is 7.86. The van der Waals surface area contributed by atoms with Crippen molar-refractivity contribution in [1.82, 2.24) is 14.3 Å². The minimum atomic E-state index is -3.58. The monoisotopic (exact) mass is 393 g/mol. The van der Waals surface area contributed by atoms with Gasteiger partial charge in [0.05, 0.1) is 19.7 Å². The molecular weight excluding hydrogens is 370 g/mol. The zero-order valence-electron chi connectivity index (χ0n) is 15.4. The Morgan fingerprint density at radius 2 is 1.70 bits per heavy atom. The van der Waals surface area contributed by atoms with Crippen LogP contribution < -0.4 is 19.5 Å². The quantitative estimate of drug-likeness (QED) is 0.816. The molecular formula is C17H23N5O4S.